The Labute approximate surface area is 192 Å². The summed E-state index contributed by atoms with van der Waals surface area (Å²) in [6.07, 6.45) is 0. The second-order valence-electron chi connectivity index (χ2n) is 7.44. The van der Waals surface area contributed by atoms with Gasteiger partial charge in [0.1, 0.15) is 11.9 Å². The molecule has 5 rings (SSSR count). The van der Waals surface area contributed by atoms with Crippen molar-refractivity contribution in [2.75, 3.05) is 10.6 Å². The highest BCUT2D eigenvalue weighted by Crippen LogP contribution is 2.37. The number of carbonyl (C=O) groups excluding carboxylic acids is 1. The molecule has 2 aromatic carbocycles. The zero-order valence-electron chi connectivity index (χ0n) is 17.4. The first-order valence-electron chi connectivity index (χ1n) is 10.1. The van der Waals surface area contributed by atoms with Gasteiger partial charge in [0, 0.05) is 11.4 Å². The van der Waals surface area contributed by atoms with Crippen LogP contribution < -0.4 is 10.6 Å². The predicted molar refractivity (Wildman–Crippen MR) is 124 cm³/mol. The summed E-state index contributed by atoms with van der Waals surface area (Å²) in [5, 5.41) is 21.9. The van der Waals surface area contributed by atoms with Gasteiger partial charge in [-0.3, -0.25) is 4.79 Å². The fraction of sp³-hybridized carbons (Fsp3) is 0.0833. The molecular formula is C24H17FN6OS. The van der Waals surface area contributed by atoms with E-state index in [1.54, 1.807) is 23.7 Å². The molecule has 0 radical (unpaired) electrons. The van der Waals surface area contributed by atoms with E-state index in [0.717, 1.165) is 10.4 Å². The van der Waals surface area contributed by atoms with Crippen LogP contribution in [0.25, 0.3) is 10.7 Å². The van der Waals surface area contributed by atoms with Gasteiger partial charge in [-0.2, -0.15) is 10.2 Å². The molecule has 33 heavy (non-hydrogen) atoms. The molecule has 0 bridgehead atoms. The zero-order valence-corrected chi connectivity index (χ0v) is 18.2. The quantitative estimate of drug-likeness (QED) is 0.453. The number of carbonyl (C=O) groups is 1. The number of hydrogen-bond donors (Lipinski definition) is 2. The lowest BCUT2D eigenvalue weighted by Crippen LogP contribution is -2.31. The van der Waals surface area contributed by atoms with Crippen molar-refractivity contribution in [1.82, 2.24) is 14.8 Å². The summed E-state index contributed by atoms with van der Waals surface area (Å²) in [6, 6.07) is 18.0. The summed E-state index contributed by atoms with van der Waals surface area (Å²) in [5.74, 6) is 0.342. The molecule has 7 nitrogen and oxygen atoms in total. The lowest BCUT2D eigenvalue weighted by molar-refractivity contribution is -0.113. The minimum Gasteiger partial charge on any atom is -0.328 e. The van der Waals surface area contributed by atoms with Crippen molar-refractivity contribution in [3.8, 4) is 16.8 Å². The highest BCUT2D eigenvalue weighted by atomic mass is 32.1. The highest BCUT2D eigenvalue weighted by molar-refractivity contribution is 7.13. The fourth-order valence-corrected chi connectivity index (χ4v) is 4.39. The molecule has 1 atom stereocenters. The van der Waals surface area contributed by atoms with Crippen LogP contribution in [0.5, 0.6) is 0 Å². The molecule has 0 saturated heterocycles. The summed E-state index contributed by atoms with van der Waals surface area (Å²) < 4.78 is 15.0. The Morgan fingerprint density at radius 1 is 1.18 bits per heavy atom. The maximum Gasteiger partial charge on any atom is 0.255 e. The molecule has 1 amide bonds. The maximum atomic E-state index is 13.4. The van der Waals surface area contributed by atoms with Crippen LogP contribution in [-0.4, -0.2) is 20.7 Å². The zero-order chi connectivity index (χ0) is 22.9. The van der Waals surface area contributed by atoms with Gasteiger partial charge in [-0.05, 0) is 60.3 Å². The number of rotatable bonds is 4. The maximum absolute atomic E-state index is 13.4. The molecule has 162 valence electrons. The first-order valence-corrected chi connectivity index (χ1v) is 11.0. The van der Waals surface area contributed by atoms with Gasteiger partial charge in [0.15, 0.2) is 5.82 Å². The number of anilines is 2. The molecule has 0 aliphatic carbocycles. The fourth-order valence-electron chi connectivity index (χ4n) is 3.74. The largest absolute Gasteiger partial charge is 0.328 e. The molecule has 1 aliphatic heterocycles. The summed E-state index contributed by atoms with van der Waals surface area (Å²) in [7, 11) is 0. The summed E-state index contributed by atoms with van der Waals surface area (Å²) in [4.78, 5) is 18.9. The number of thiophene rings is 1. The van der Waals surface area contributed by atoms with Gasteiger partial charge < -0.3 is 10.6 Å². The van der Waals surface area contributed by atoms with Crippen LogP contribution >= 0.6 is 11.3 Å². The third kappa shape index (κ3) is 3.88. The highest BCUT2D eigenvalue weighted by Gasteiger charge is 2.34. The molecule has 9 heteroatoms. The number of allylic oxidation sites excluding steroid dienone is 1. The summed E-state index contributed by atoms with van der Waals surface area (Å²) in [6.45, 7) is 1.80. The lowest BCUT2D eigenvalue weighted by Gasteiger charge is -2.28. The van der Waals surface area contributed by atoms with Crippen molar-refractivity contribution >= 4 is 28.9 Å². The van der Waals surface area contributed by atoms with Crippen LogP contribution in [0.1, 0.15) is 24.1 Å². The van der Waals surface area contributed by atoms with E-state index in [-0.39, 0.29) is 11.7 Å². The van der Waals surface area contributed by atoms with E-state index in [9.17, 15) is 14.4 Å². The standard InChI is InChI=1S/C24H17FN6OS/c1-14-20(23(32)28-18-10-8-17(25)9-11-18)21(16-6-4-15(13-26)5-7-16)31-24(27-14)29-22(30-31)19-3-2-12-33-19/h2-12,21H,1H3,(H,28,32)(H,27,29,30). The number of nitriles is 1. The number of halogens is 1. The third-order valence-electron chi connectivity index (χ3n) is 5.30. The molecule has 2 aromatic heterocycles. The molecule has 1 aliphatic rings. The Morgan fingerprint density at radius 3 is 2.61 bits per heavy atom. The minimum absolute atomic E-state index is 0.347. The van der Waals surface area contributed by atoms with Crippen molar-refractivity contribution < 1.29 is 9.18 Å². The predicted octanol–water partition coefficient (Wildman–Crippen LogP) is 4.94. The number of fused-ring (bicyclic) bond motifs is 1. The second-order valence-corrected chi connectivity index (χ2v) is 8.39. The molecule has 0 spiro atoms. The van der Waals surface area contributed by atoms with E-state index in [0.29, 0.717) is 34.3 Å². The van der Waals surface area contributed by atoms with E-state index >= 15 is 0 Å². The molecule has 0 saturated carbocycles. The van der Waals surface area contributed by atoms with Crippen molar-refractivity contribution in [3.05, 3.63) is 94.3 Å². The van der Waals surface area contributed by atoms with E-state index < -0.39 is 6.04 Å². The van der Waals surface area contributed by atoms with Gasteiger partial charge in [0.2, 0.25) is 5.95 Å². The van der Waals surface area contributed by atoms with E-state index in [1.165, 1.54) is 35.6 Å². The van der Waals surface area contributed by atoms with E-state index in [4.69, 9.17) is 5.10 Å². The van der Waals surface area contributed by atoms with Crippen LogP contribution in [0, 0.1) is 17.1 Å². The number of nitrogens with one attached hydrogen (secondary N) is 2. The average Bonchev–Trinajstić information content (AvgIpc) is 3.49. The normalized spacial score (nSPS) is 14.9. The van der Waals surface area contributed by atoms with Gasteiger partial charge in [0.25, 0.3) is 5.91 Å². The molecule has 0 fully saturated rings. The van der Waals surface area contributed by atoms with Crippen molar-refractivity contribution in [2.24, 2.45) is 0 Å². The molecule has 3 heterocycles. The first-order chi connectivity index (χ1) is 16.0. The number of hydrogen-bond acceptors (Lipinski definition) is 6. The molecule has 2 N–H and O–H groups in total. The van der Waals surface area contributed by atoms with E-state index in [2.05, 4.69) is 21.7 Å². The topological polar surface area (TPSA) is 95.6 Å². The Bertz CT molecular complexity index is 1400. The van der Waals surface area contributed by atoms with Crippen LogP contribution in [-0.2, 0) is 4.79 Å². The van der Waals surface area contributed by atoms with Crippen LogP contribution in [0.15, 0.2) is 77.3 Å². The van der Waals surface area contributed by atoms with Gasteiger partial charge >= 0.3 is 0 Å². The molecule has 4 aromatic rings. The Morgan fingerprint density at radius 2 is 1.94 bits per heavy atom. The summed E-state index contributed by atoms with van der Waals surface area (Å²) in [5.41, 5.74) is 2.84. The Balaban J connectivity index is 1.59. The van der Waals surface area contributed by atoms with Crippen molar-refractivity contribution in [3.63, 3.8) is 0 Å². The smallest absolute Gasteiger partial charge is 0.255 e. The van der Waals surface area contributed by atoms with Crippen molar-refractivity contribution in [2.45, 2.75) is 13.0 Å². The number of amides is 1. The second kappa shape index (κ2) is 8.33. The van der Waals surface area contributed by atoms with Crippen molar-refractivity contribution in [1.29, 1.82) is 5.26 Å². The molecule has 1 unspecified atom stereocenters. The van der Waals surface area contributed by atoms with Crippen LogP contribution in [0.4, 0.5) is 16.0 Å². The SMILES string of the molecule is CC1=C(C(=O)Nc2ccc(F)cc2)C(c2ccc(C#N)cc2)n2nc(-c3cccs3)nc2N1. The third-order valence-corrected chi connectivity index (χ3v) is 6.16. The monoisotopic (exact) mass is 456 g/mol. The first kappa shape index (κ1) is 20.6. The average molecular weight is 457 g/mol. The Hall–Kier alpha value is -4.29. The number of aromatic nitrogens is 3. The summed E-state index contributed by atoms with van der Waals surface area (Å²) >= 11 is 1.53. The van der Waals surface area contributed by atoms with E-state index in [1.807, 2.05) is 29.6 Å². The van der Waals surface area contributed by atoms with Gasteiger partial charge in [-0.15, -0.1) is 16.4 Å². The van der Waals surface area contributed by atoms with Gasteiger partial charge in [-0.25, -0.2) is 9.07 Å². The van der Waals surface area contributed by atoms with Gasteiger partial charge in [-0.1, -0.05) is 18.2 Å². The Kier molecular flexibility index (Phi) is 5.20. The van der Waals surface area contributed by atoms with Crippen LogP contribution in [0.2, 0.25) is 0 Å². The number of benzene rings is 2. The molecular weight excluding hydrogens is 439 g/mol. The lowest BCUT2D eigenvalue weighted by atomic mass is 9.94. The van der Waals surface area contributed by atoms with Gasteiger partial charge in [0.05, 0.1) is 22.1 Å². The minimum atomic E-state index is -0.573. The number of nitrogens with zero attached hydrogens (tertiary/aromatic N) is 4. The van der Waals surface area contributed by atoms with Crippen LogP contribution in [0.3, 0.4) is 0 Å².